The SMILES string of the molecule is CN1C(=O)CC(c2ccncc2F)NC1OC[C@@H]1CCCN1c1ccc(F)cc1. The van der Waals surface area contributed by atoms with Crippen molar-refractivity contribution in [3.8, 4) is 0 Å². The fourth-order valence-corrected chi connectivity index (χ4v) is 4.00. The first-order valence-electron chi connectivity index (χ1n) is 9.78. The Hall–Kier alpha value is -2.58. The van der Waals surface area contributed by atoms with Crippen LogP contribution in [0.25, 0.3) is 0 Å². The van der Waals surface area contributed by atoms with Crippen molar-refractivity contribution in [2.75, 3.05) is 25.1 Å². The summed E-state index contributed by atoms with van der Waals surface area (Å²) in [6.45, 7) is 1.27. The molecule has 2 fully saturated rings. The van der Waals surface area contributed by atoms with Gasteiger partial charge in [-0.05, 0) is 43.2 Å². The first-order chi connectivity index (χ1) is 14.0. The van der Waals surface area contributed by atoms with Crippen LogP contribution >= 0.6 is 0 Å². The first-order valence-corrected chi connectivity index (χ1v) is 9.78. The maximum absolute atomic E-state index is 14.1. The highest BCUT2D eigenvalue weighted by molar-refractivity contribution is 5.77. The van der Waals surface area contributed by atoms with E-state index in [4.69, 9.17) is 4.74 Å². The van der Waals surface area contributed by atoms with Crippen LogP contribution in [-0.2, 0) is 9.53 Å². The van der Waals surface area contributed by atoms with E-state index in [-0.39, 0.29) is 24.2 Å². The lowest BCUT2D eigenvalue weighted by Crippen LogP contribution is -2.55. The summed E-state index contributed by atoms with van der Waals surface area (Å²) in [6.07, 6.45) is 4.13. The van der Waals surface area contributed by atoms with E-state index in [1.54, 1.807) is 25.2 Å². The van der Waals surface area contributed by atoms with Crippen LogP contribution in [0, 0.1) is 11.6 Å². The van der Waals surface area contributed by atoms with E-state index >= 15 is 0 Å². The normalized spacial score (nSPS) is 24.9. The fraction of sp³-hybridized carbons (Fsp3) is 0.429. The minimum Gasteiger partial charge on any atom is -0.366 e. The molecule has 3 atom stereocenters. The first kappa shape index (κ1) is 19.7. The van der Waals surface area contributed by atoms with Crippen molar-refractivity contribution in [1.82, 2.24) is 15.2 Å². The van der Waals surface area contributed by atoms with Crippen LogP contribution in [0.4, 0.5) is 14.5 Å². The molecule has 8 heteroatoms. The predicted molar refractivity (Wildman–Crippen MR) is 104 cm³/mol. The van der Waals surface area contributed by atoms with Gasteiger partial charge in [0.05, 0.1) is 18.8 Å². The van der Waals surface area contributed by atoms with Crippen LogP contribution in [0.1, 0.15) is 30.9 Å². The van der Waals surface area contributed by atoms with E-state index in [1.807, 2.05) is 0 Å². The van der Waals surface area contributed by atoms with Gasteiger partial charge in [-0.3, -0.25) is 15.1 Å². The highest BCUT2D eigenvalue weighted by atomic mass is 19.1. The number of aromatic nitrogens is 1. The number of carbonyl (C=O) groups excluding carboxylic acids is 1. The number of benzene rings is 1. The maximum Gasteiger partial charge on any atom is 0.227 e. The Labute approximate surface area is 168 Å². The molecular formula is C21H24F2N4O2. The Morgan fingerprint density at radius 1 is 1.24 bits per heavy atom. The number of rotatable bonds is 5. The van der Waals surface area contributed by atoms with Crippen molar-refractivity contribution in [3.05, 3.63) is 59.9 Å². The van der Waals surface area contributed by atoms with Gasteiger partial charge in [0.25, 0.3) is 0 Å². The largest absolute Gasteiger partial charge is 0.366 e. The average Bonchev–Trinajstić information content (AvgIpc) is 3.18. The van der Waals surface area contributed by atoms with Crippen LogP contribution in [0.5, 0.6) is 0 Å². The molecule has 2 aliphatic heterocycles. The van der Waals surface area contributed by atoms with Crippen molar-refractivity contribution < 1.29 is 18.3 Å². The smallest absolute Gasteiger partial charge is 0.227 e. The molecule has 154 valence electrons. The second-order valence-electron chi connectivity index (χ2n) is 7.48. The molecule has 29 heavy (non-hydrogen) atoms. The van der Waals surface area contributed by atoms with Crippen molar-refractivity contribution in [2.24, 2.45) is 0 Å². The Morgan fingerprint density at radius 2 is 2.03 bits per heavy atom. The number of carbonyl (C=O) groups is 1. The molecule has 1 aromatic carbocycles. The topological polar surface area (TPSA) is 57.7 Å². The summed E-state index contributed by atoms with van der Waals surface area (Å²) < 4.78 is 33.4. The van der Waals surface area contributed by atoms with Gasteiger partial charge in [-0.15, -0.1) is 0 Å². The molecule has 2 aliphatic rings. The summed E-state index contributed by atoms with van der Waals surface area (Å²) in [4.78, 5) is 19.9. The van der Waals surface area contributed by atoms with Crippen LogP contribution in [-0.4, -0.2) is 48.4 Å². The minimum absolute atomic E-state index is 0.114. The maximum atomic E-state index is 14.1. The van der Waals surface area contributed by atoms with Gasteiger partial charge < -0.3 is 14.5 Å². The second-order valence-corrected chi connectivity index (χ2v) is 7.48. The third-order valence-corrected chi connectivity index (χ3v) is 5.63. The molecule has 1 aromatic heterocycles. The Morgan fingerprint density at radius 3 is 2.79 bits per heavy atom. The van der Waals surface area contributed by atoms with Gasteiger partial charge in [-0.2, -0.15) is 0 Å². The number of pyridine rings is 1. The molecule has 2 saturated heterocycles. The lowest BCUT2D eigenvalue weighted by atomic mass is 10.0. The van der Waals surface area contributed by atoms with E-state index in [0.717, 1.165) is 31.3 Å². The molecule has 2 unspecified atom stereocenters. The molecule has 6 nitrogen and oxygen atoms in total. The molecule has 0 radical (unpaired) electrons. The summed E-state index contributed by atoms with van der Waals surface area (Å²) in [5.41, 5.74) is 1.36. The van der Waals surface area contributed by atoms with Gasteiger partial charge >= 0.3 is 0 Å². The van der Waals surface area contributed by atoms with E-state index in [9.17, 15) is 13.6 Å². The third-order valence-electron chi connectivity index (χ3n) is 5.63. The molecule has 0 aliphatic carbocycles. The van der Waals surface area contributed by atoms with Crippen molar-refractivity contribution in [1.29, 1.82) is 0 Å². The Kier molecular flexibility index (Phi) is 5.73. The summed E-state index contributed by atoms with van der Waals surface area (Å²) in [5.74, 6) is -0.821. The molecule has 4 rings (SSSR count). The number of nitrogens with zero attached hydrogens (tertiary/aromatic N) is 3. The zero-order chi connectivity index (χ0) is 20.4. The highest BCUT2D eigenvalue weighted by Crippen LogP contribution is 2.28. The molecule has 1 N–H and O–H groups in total. The van der Waals surface area contributed by atoms with Gasteiger partial charge in [0, 0.05) is 43.5 Å². The highest BCUT2D eigenvalue weighted by Gasteiger charge is 2.35. The number of nitrogens with one attached hydrogen (secondary N) is 1. The van der Waals surface area contributed by atoms with Gasteiger partial charge in [0.15, 0.2) is 6.35 Å². The third kappa shape index (κ3) is 4.23. The number of amides is 1. The summed E-state index contributed by atoms with van der Waals surface area (Å²) in [5, 5.41) is 3.22. The summed E-state index contributed by atoms with van der Waals surface area (Å²) in [7, 11) is 1.67. The molecule has 3 heterocycles. The van der Waals surface area contributed by atoms with Gasteiger partial charge in [0.2, 0.25) is 5.91 Å². The van der Waals surface area contributed by atoms with E-state index in [0.29, 0.717) is 12.2 Å². The second kappa shape index (κ2) is 8.42. The van der Waals surface area contributed by atoms with Crippen molar-refractivity contribution in [3.63, 3.8) is 0 Å². The monoisotopic (exact) mass is 402 g/mol. The van der Waals surface area contributed by atoms with E-state index in [2.05, 4.69) is 15.2 Å². The lowest BCUT2D eigenvalue weighted by Gasteiger charge is -2.39. The van der Waals surface area contributed by atoms with Crippen LogP contribution < -0.4 is 10.2 Å². The zero-order valence-corrected chi connectivity index (χ0v) is 16.2. The quantitative estimate of drug-likeness (QED) is 0.834. The van der Waals surface area contributed by atoms with Gasteiger partial charge in [-0.1, -0.05) is 0 Å². The Bertz CT molecular complexity index is 864. The molecule has 1 amide bonds. The lowest BCUT2D eigenvalue weighted by molar-refractivity contribution is -0.157. The van der Waals surface area contributed by atoms with Gasteiger partial charge in [0.1, 0.15) is 11.6 Å². The molecule has 0 spiro atoms. The number of ether oxygens (including phenoxy) is 1. The van der Waals surface area contributed by atoms with Crippen LogP contribution in [0.2, 0.25) is 0 Å². The van der Waals surface area contributed by atoms with Crippen LogP contribution in [0.15, 0.2) is 42.7 Å². The zero-order valence-electron chi connectivity index (χ0n) is 16.2. The molecular weight excluding hydrogens is 378 g/mol. The van der Waals surface area contributed by atoms with E-state index in [1.165, 1.54) is 23.2 Å². The molecule has 0 bridgehead atoms. The van der Waals surface area contributed by atoms with Crippen molar-refractivity contribution in [2.45, 2.75) is 37.7 Å². The van der Waals surface area contributed by atoms with Crippen molar-refractivity contribution >= 4 is 11.6 Å². The van der Waals surface area contributed by atoms with Gasteiger partial charge in [-0.25, -0.2) is 8.78 Å². The summed E-state index contributed by atoms with van der Waals surface area (Å²) in [6, 6.07) is 7.68. The standard InChI is InChI=1S/C21H24F2N4O2/c1-26-20(28)11-19(17-8-9-24-12-18(17)23)25-21(26)29-13-16-3-2-10-27(16)15-6-4-14(22)5-7-15/h4-9,12,16,19,21,25H,2-3,10-11,13H2,1H3/t16-,19?,21?/m0/s1. The minimum atomic E-state index is -0.649. The Balaban J connectivity index is 1.43. The number of hydrogen-bond donors (Lipinski definition) is 1. The number of halogens is 2. The van der Waals surface area contributed by atoms with E-state index < -0.39 is 18.2 Å². The average molecular weight is 402 g/mol. The fourth-order valence-electron chi connectivity index (χ4n) is 4.00. The molecule has 2 aromatic rings. The number of hydrogen-bond acceptors (Lipinski definition) is 5. The van der Waals surface area contributed by atoms with Crippen LogP contribution in [0.3, 0.4) is 0 Å². The molecule has 0 saturated carbocycles. The summed E-state index contributed by atoms with van der Waals surface area (Å²) >= 11 is 0. The number of anilines is 1. The predicted octanol–water partition coefficient (Wildman–Crippen LogP) is 2.82.